The first-order valence-electron chi connectivity index (χ1n) is 4.86. The number of benzene rings is 1. The van der Waals surface area contributed by atoms with Crippen molar-refractivity contribution in [1.29, 1.82) is 0 Å². The van der Waals surface area contributed by atoms with Crippen molar-refractivity contribution in [1.82, 2.24) is 0 Å². The number of anilines is 1. The van der Waals surface area contributed by atoms with Gasteiger partial charge in [-0.05, 0) is 6.07 Å². The van der Waals surface area contributed by atoms with Crippen LogP contribution in [0, 0.1) is 10.1 Å². The Labute approximate surface area is 103 Å². The van der Waals surface area contributed by atoms with Crippen molar-refractivity contribution >= 4 is 29.0 Å². The number of amides is 1. The molecule has 1 N–H and O–H groups in total. The minimum absolute atomic E-state index is 0.0402. The van der Waals surface area contributed by atoms with Gasteiger partial charge in [0.05, 0.1) is 10.7 Å². The number of rotatable bonds is 6. The zero-order valence-corrected chi connectivity index (χ0v) is 9.90. The topological polar surface area (TPSA) is 72.2 Å². The SMILES string of the molecule is C=CCSCC(=O)Nc1cccc([N+](=O)[O-])c1. The van der Waals surface area contributed by atoms with Crippen LogP contribution < -0.4 is 5.32 Å². The lowest BCUT2D eigenvalue weighted by atomic mass is 10.3. The molecule has 0 aliphatic carbocycles. The van der Waals surface area contributed by atoms with Gasteiger partial charge >= 0.3 is 0 Å². The Morgan fingerprint density at radius 3 is 3.00 bits per heavy atom. The number of non-ortho nitro benzene ring substituents is 1. The number of hydrogen-bond donors (Lipinski definition) is 1. The molecule has 0 bridgehead atoms. The third kappa shape index (κ3) is 4.69. The summed E-state index contributed by atoms with van der Waals surface area (Å²) in [7, 11) is 0. The molecule has 1 aromatic rings. The molecule has 0 aliphatic rings. The normalized spacial score (nSPS) is 9.65. The maximum atomic E-state index is 11.4. The van der Waals surface area contributed by atoms with Gasteiger partial charge in [0, 0.05) is 23.6 Å². The van der Waals surface area contributed by atoms with Gasteiger partial charge in [0.15, 0.2) is 0 Å². The van der Waals surface area contributed by atoms with E-state index in [2.05, 4.69) is 11.9 Å². The number of nitrogens with zero attached hydrogens (tertiary/aromatic N) is 1. The van der Waals surface area contributed by atoms with E-state index in [1.54, 1.807) is 12.1 Å². The molecule has 90 valence electrons. The molecule has 1 amide bonds. The molecule has 5 nitrogen and oxygen atoms in total. The molecule has 17 heavy (non-hydrogen) atoms. The largest absolute Gasteiger partial charge is 0.325 e. The summed E-state index contributed by atoms with van der Waals surface area (Å²) in [6, 6.07) is 5.85. The number of nitrogens with one attached hydrogen (secondary N) is 1. The van der Waals surface area contributed by atoms with Crippen LogP contribution in [0.1, 0.15) is 0 Å². The van der Waals surface area contributed by atoms with E-state index in [0.29, 0.717) is 17.2 Å². The molecular weight excluding hydrogens is 240 g/mol. The highest BCUT2D eigenvalue weighted by Crippen LogP contribution is 2.17. The van der Waals surface area contributed by atoms with Gasteiger partial charge in [-0.15, -0.1) is 18.3 Å². The summed E-state index contributed by atoms with van der Waals surface area (Å²) in [5.74, 6) is 0.814. The first-order valence-corrected chi connectivity index (χ1v) is 6.02. The van der Waals surface area contributed by atoms with E-state index in [-0.39, 0.29) is 11.6 Å². The van der Waals surface area contributed by atoms with Crippen LogP contribution in [-0.4, -0.2) is 22.3 Å². The molecule has 0 heterocycles. The molecule has 0 aromatic heterocycles. The summed E-state index contributed by atoms with van der Waals surface area (Å²) >= 11 is 1.43. The molecule has 0 saturated carbocycles. The standard InChI is InChI=1S/C11H12N2O3S/c1-2-6-17-8-11(14)12-9-4-3-5-10(7-9)13(15)16/h2-5,7H,1,6,8H2,(H,12,14). The molecule has 0 radical (unpaired) electrons. The number of carbonyl (C=O) groups is 1. The molecule has 0 spiro atoms. The van der Waals surface area contributed by atoms with Crippen LogP contribution in [-0.2, 0) is 4.79 Å². The molecule has 0 atom stereocenters. The van der Waals surface area contributed by atoms with Crippen molar-refractivity contribution in [3.63, 3.8) is 0 Å². The van der Waals surface area contributed by atoms with Crippen LogP contribution in [0.3, 0.4) is 0 Å². The van der Waals surface area contributed by atoms with Gasteiger partial charge in [-0.3, -0.25) is 14.9 Å². The van der Waals surface area contributed by atoms with Crippen molar-refractivity contribution in [3.8, 4) is 0 Å². The van der Waals surface area contributed by atoms with Crippen LogP contribution in [0.5, 0.6) is 0 Å². The summed E-state index contributed by atoms with van der Waals surface area (Å²) in [4.78, 5) is 21.5. The van der Waals surface area contributed by atoms with Crippen molar-refractivity contribution in [2.24, 2.45) is 0 Å². The second kappa shape index (κ2) is 6.70. The lowest BCUT2D eigenvalue weighted by molar-refractivity contribution is -0.384. The zero-order valence-electron chi connectivity index (χ0n) is 9.09. The Balaban J connectivity index is 2.56. The Kier molecular flexibility index (Phi) is 5.22. The van der Waals surface area contributed by atoms with Crippen LogP contribution in [0.2, 0.25) is 0 Å². The van der Waals surface area contributed by atoms with Crippen molar-refractivity contribution in [3.05, 3.63) is 47.0 Å². The highest BCUT2D eigenvalue weighted by molar-refractivity contribution is 8.00. The highest BCUT2D eigenvalue weighted by Gasteiger charge is 2.07. The summed E-state index contributed by atoms with van der Waals surface area (Å²) in [6.45, 7) is 3.55. The third-order valence-corrected chi connectivity index (χ3v) is 2.75. The summed E-state index contributed by atoms with van der Waals surface area (Å²) in [5.41, 5.74) is 0.393. The molecule has 0 saturated heterocycles. The van der Waals surface area contributed by atoms with E-state index in [4.69, 9.17) is 0 Å². The van der Waals surface area contributed by atoms with E-state index in [1.807, 2.05) is 0 Å². The summed E-state index contributed by atoms with van der Waals surface area (Å²) in [5, 5.41) is 13.1. The van der Waals surface area contributed by atoms with Crippen molar-refractivity contribution < 1.29 is 9.72 Å². The fourth-order valence-corrected chi connectivity index (χ4v) is 1.67. The minimum Gasteiger partial charge on any atom is -0.325 e. The maximum Gasteiger partial charge on any atom is 0.271 e. The predicted octanol–water partition coefficient (Wildman–Crippen LogP) is 2.45. The predicted molar refractivity (Wildman–Crippen MR) is 69.2 cm³/mol. The minimum atomic E-state index is -0.498. The Morgan fingerprint density at radius 2 is 2.35 bits per heavy atom. The average Bonchev–Trinajstić information content (AvgIpc) is 2.29. The van der Waals surface area contributed by atoms with Gasteiger partial charge in [0.2, 0.25) is 5.91 Å². The van der Waals surface area contributed by atoms with Crippen molar-refractivity contribution in [2.45, 2.75) is 0 Å². The molecule has 0 unspecified atom stereocenters. The monoisotopic (exact) mass is 252 g/mol. The fourth-order valence-electron chi connectivity index (χ4n) is 1.13. The number of thioether (sulfide) groups is 1. The van der Waals surface area contributed by atoms with Gasteiger partial charge in [-0.25, -0.2) is 0 Å². The zero-order chi connectivity index (χ0) is 12.7. The van der Waals surface area contributed by atoms with E-state index in [1.165, 1.54) is 30.0 Å². The van der Waals surface area contributed by atoms with Gasteiger partial charge in [-0.1, -0.05) is 12.1 Å². The molecule has 6 heteroatoms. The molecular formula is C11H12N2O3S. The number of carbonyl (C=O) groups excluding carboxylic acids is 1. The smallest absolute Gasteiger partial charge is 0.271 e. The second-order valence-electron chi connectivity index (χ2n) is 3.16. The first kappa shape index (κ1) is 13.2. The Morgan fingerprint density at radius 1 is 1.59 bits per heavy atom. The average molecular weight is 252 g/mol. The van der Waals surface area contributed by atoms with E-state index in [0.717, 1.165) is 0 Å². The fraction of sp³-hybridized carbons (Fsp3) is 0.182. The Hall–Kier alpha value is -1.82. The number of nitro benzene ring substituents is 1. The first-order chi connectivity index (χ1) is 8.13. The van der Waals surface area contributed by atoms with Crippen LogP contribution >= 0.6 is 11.8 Å². The maximum absolute atomic E-state index is 11.4. The Bertz CT molecular complexity index is 434. The van der Waals surface area contributed by atoms with Gasteiger partial charge in [0.25, 0.3) is 5.69 Å². The van der Waals surface area contributed by atoms with Gasteiger partial charge < -0.3 is 5.32 Å². The third-order valence-electron chi connectivity index (χ3n) is 1.81. The number of nitro groups is 1. The molecule has 0 fully saturated rings. The van der Waals surface area contributed by atoms with Gasteiger partial charge in [0.1, 0.15) is 0 Å². The molecule has 0 aliphatic heterocycles. The summed E-state index contributed by atoms with van der Waals surface area (Å²) < 4.78 is 0. The van der Waals surface area contributed by atoms with Crippen LogP contribution in [0.4, 0.5) is 11.4 Å². The lowest BCUT2D eigenvalue weighted by Gasteiger charge is -2.03. The summed E-state index contributed by atoms with van der Waals surface area (Å²) in [6.07, 6.45) is 1.71. The lowest BCUT2D eigenvalue weighted by Crippen LogP contribution is -2.14. The van der Waals surface area contributed by atoms with Crippen LogP contribution in [0.15, 0.2) is 36.9 Å². The quantitative estimate of drug-likeness (QED) is 0.365. The van der Waals surface area contributed by atoms with E-state index < -0.39 is 4.92 Å². The van der Waals surface area contributed by atoms with Crippen LogP contribution in [0.25, 0.3) is 0 Å². The molecule has 1 aromatic carbocycles. The van der Waals surface area contributed by atoms with Crippen molar-refractivity contribution in [2.75, 3.05) is 16.8 Å². The highest BCUT2D eigenvalue weighted by atomic mass is 32.2. The van der Waals surface area contributed by atoms with E-state index in [9.17, 15) is 14.9 Å². The molecule has 1 rings (SSSR count). The van der Waals surface area contributed by atoms with E-state index >= 15 is 0 Å². The second-order valence-corrected chi connectivity index (χ2v) is 4.19. The van der Waals surface area contributed by atoms with Gasteiger partial charge in [-0.2, -0.15) is 0 Å². The number of hydrogen-bond acceptors (Lipinski definition) is 4.